The van der Waals surface area contributed by atoms with Crippen molar-refractivity contribution in [2.24, 2.45) is 11.1 Å². The Balaban J connectivity index is 0.00000225. The van der Waals surface area contributed by atoms with E-state index in [2.05, 4.69) is 4.72 Å². The number of likely N-dealkylation sites (tertiary alicyclic amines) is 1. The Hall–Kier alpha value is -1.19. The van der Waals surface area contributed by atoms with Crippen molar-refractivity contribution < 1.29 is 17.9 Å². The number of halogens is 1. The van der Waals surface area contributed by atoms with Crippen molar-refractivity contribution >= 4 is 28.3 Å². The molecule has 3 rings (SSSR count). The number of hydrogen-bond acceptors (Lipinski definition) is 5. The predicted molar refractivity (Wildman–Crippen MR) is 95.7 cm³/mol. The van der Waals surface area contributed by atoms with Gasteiger partial charge in [0.05, 0.1) is 24.7 Å². The average molecular weight is 390 g/mol. The van der Waals surface area contributed by atoms with Crippen molar-refractivity contribution in [2.75, 3.05) is 26.2 Å². The molecule has 7 nitrogen and oxygen atoms in total. The van der Waals surface area contributed by atoms with Crippen molar-refractivity contribution in [3.8, 4) is 0 Å². The van der Waals surface area contributed by atoms with Gasteiger partial charge in [-0.1, -0.05) is 13.0 Å². The molecule has 25 heavy (non-hydrogen) atoms. The van der Waals surface area contributed by atoms with Crippen LogP contribution < -0.4 is 10.5 Å². The highest BCUT2D eigenvalue weighted by molar-refractivity contribution is 7.89. The third kappa shape index (κ3) is 4.32. The lowest BCUT2D eigenvalue weighted by atomic mass is 9.90. The number of rotatable bonds is 5. The fraction of sp³-hybridized carbons (Fsp3) is 0.562. The molecule has 0 bridgehead atoms. The molecule has 0 aromatic heterocycles. The molecule has 1 atom stereocenters. The topological polar surface area (TPSA) is 102 Å². The molecule has 1 amide bonds. The van der Waals surface area contributed by atoms with Gasteiger partial charge in [0.1, 0.15) is 0 Å². The van der Waals surface area contributed by atoms with E-state index in [-0.39, 0.29) is 35.2 Å². The highest BCUT2D eigenvalue weighted by atomic mass is 35.5. The van der Waals surface area contributed by atoms with Crippen LogP contribution in [0.1, 0.15) is 24.5 Å². The SMILES string of the molecule is CC1(CN)CCN(C(=O)CNS(=O)(=O)c2ccc3c(c2)COC3)C1.Cl. The van der Waals surface area contributed by atoms with E-state index in [9.17, 15) is 13.2 Å². The monoisotopic (exact) mass is 389 g/mol. The molecule has 1 unspecified atom stereocenters. The van der Waals surface area contributed by atoms with Gasteiger partial charge < -0.3 is 15.4 Å². The van der Waals surface area contributed by atoms with E-state index in [1.807, 2.05) is 6.92 Å². The quantitative estimate of drug-likeness (QED) is 0.768. The summed E-state index contributed by atoms with van der Waals surface area (Å²) in [5, 5.41) is 0. The summed E-state index contributed by atoms with van der Waals surface area (Å²) in [4.78, 5) is 14.1. The van der Waals surface area contributed by atoms with Crippen molar-refractivity contribution in [2.45, 2.75) is 31.5 Å². The minimum absolute atomic E-state index is 0. The Labute approximate surface area is 154 Å². The van der Waals surface area contributed by atoms with E-state index >= 15 is 0 Å². The van der Waals surface area contributed by atoms with E-state index in [0.717, 1.165) is 17.5 Å². The van der Waals surface area contributed by atoms with Gasteiger partial charge in [-0.25, -0.2) is 13.1 Å². The zero-order chi connectivity index (χ0) is 17.4. The molecule has 2 aliphatic heterocycles. The average Bonchev–Trinajstić information content (AvgIpc) is 3.19. The second-order valence-electron chi connectivity index (χ2n) is 6.83. The molecule has 1 fully saturated rings. The maximum absolute atomic E-state index is 12.4. The van der Waals surface area contributed by atoms with Crippen LogP contribution in [0.5, 0.6) is 0 Å². The molecule has 3 N–H and O–H groups in total. The summed E-state index contributed by atoms with van der Waals surface area (Å²) >= 11 is 0. The predicted octanol–water partition coefficient (Wildman–Crippen LogP) is 0.614. The first-order valence-electron chi connectivity index (χ1n) is 8.00. The highest BCUT2D eigenvalue weighted by Gasteiger charge is 2.35. The number of fused-ring (bicyclic) bond motifs is 1. The fourth-order valence-electron chi connectivity index (χ4n) is 3.07. The number of hydrogen-bond donors (Lipinski definition) is 2. The molecular formula is C16H24ClN3O4S. The summed E-state index contributed by atoms with van der Waals surface area (Å²) in [6, 6.07) is 4.91. The number of carbonyl (C=O) groups is 1. The van der Waals surface area contributed by atoms with Gasteiger partial charge in [-0.3, -0.25) is 4.79 Å². The second kappa shape index (κ2) is 7.59. The first-order chi connectivity index (χ1) is 11.3. The van der Waals surface area contributed by atoms with Crippen LogP contribution in [-0.2, 0) is 32.8 Å². The van der Waals surface area contributed by atoms with E-state index in [1.54, 1.807) is 23.1 Å². The summed E-state index contributed by atoms with van der Waals surface area (Å²) in [6.07, 6.45) is 0.840. The van der Waals surface area contributed by atoms with Crippen molar-refractivity contribution in [3.63, 3.8) is 0 Å². The van der Waals surface area contributed by atoms with Crippen molar-refractivity contribution in [1.29, 1.82) is 0 Å². The van der Waals surface area contributed by atoms with Gasteiger partial charge in [0, 0.05) is 13.1 Å². The number of nitrogens with two attached hydrogens (primary N) is 1. The fourth-order valence-corrected chi connectivity index (χ4v) is 4.10. The summed E-state index contributed by atoms with van der Waals surface area (Å²) < 4.78 is 32.5. The highest BCUT2D eigenvalue weighted by Crippen LogP contribution is 2.28. The first-order valence-corrected chi connectivity index (χ1v) is 9.48. The van der Waals surface area contributed by atoms with Gasteiger partial charge in [-0.05, 0) is 41.6 Å². The Morgan fingerprint density at radius 2 is 2.08 bits per heavy atom. The third-order valence-corrected chi connectivity index (χ3v) is 6.22. The van der Waals surface area contributed by atoms with Gasteiger partial charge in [0.2, 0.25) is 15.9 Å². The largest absolute Gasteiger partial charge is 0.372 e. The number of amides is 1. The minimum atomic E-state index is -3.72. The summed E-state index contributed by atoms with van der Waals surface area (Å²) in [5.74, 6) is -0.222. The van der Waals surface area contributed by atoms with Crippen molar-refractivity contribution in [1.82, 2.24) is 9.62 Å². The Morgan fingerprint density at radius 1 is 1.36 bits per heavy atom. The second-order valence-corrected chi connectivity index (χ2v) is 8.59. The van der Waals surface area contributed by atoms with Crippen LogP contribution >= 0.6 is 12.4 Å². The molecule has 2 heterocycles. The molecular weight excluding hydrogens is 366 g/mol. The van der Waals surface area contributed by atoms with Crippen LogP contribution in [0.2, 0.25) is 0 Å². The van der Waals surface area contributed by atoms with E-state index in [0.29, 0.717) is 32.8 Å². The number of ether oxygens (including phenoxy) is 1. The number of nitrogens with zero attached hydrogens (tertiary/aromatic N) is 1. The Morgan fingerprint density at radius 3 is 2.76 bits per heavy atom. The van der Waals surface area contributed by atoms with E-state index in [4.69, 9.17) is 10.5 Å². The van der Waals surface area contributed by atoms with Gasteiger partial charge >= 0.3 is 0 Å². The van der Waals surface area contributed by atoms with Gasteiger partial charge in [-0.2, -0.15) is 0 Å². The molecule has 0 aliphatic carbocycles. The molecule has 9 heteroatoms. The molecule has 1 saturated heterocycles. The molecule has 0 radical (unpaired) electrons. The van der Waals surface area contributed by atoms with Crippen molar-refractivity contribution in [3.05, 3.63) is 29.3 Å². The Bertz CT molecular complexity index is 756. The van der Waals surface area contributed by atoms with E-state index < -0.39 is 10.0 Å². The number of sulfonamides is 1. The Kier molecular flexibility index (Phi) is 6.11. The maximum Gasteiger partial charge on any atom is 0.241 e. The maximum atomic E-state index is 12.4. The summed E-state index contributed by atoms with van der Waals surface area (Å²) in [7, 11) is -3.72. The lowest BCUT2D eigenvalue weighted by Gasteiger charge is -2.22. The van der Waals surface area contributed by atoms with Crippen LogP contribution in [0.4, 0.5) is 0 Å². The molecule has 0 saturated carbocycles. The number of carbonyl (C=O) groups excluding carboxylic acids is 1. The van der Waals surface area contributed by atoms with Gasteiger partial charge in [0.15, 0.2) is 0 Å². The van der Waals surface area contributed by atoms with E-state index in [1.165, 1.54) is 0 Å². The number of benzene rings is 1. The van der Waals surface area contributed by atoms with Crippen LogP contribution in [0.25, 0.3) is 0 Å². The molecule has 0 spiro atoms. The zero-order valence-corrected chi connectivity index (χ0v) is 15.8. The van der Waals surface area contributed by atoms with Crippen LogP contribution in [0, 0.1) is 5.41 Å². The van der Waals surface area contributed by atoms with Gasteiger partial charge in [0.25, 0.3) is 0 Å². The lowest BCUT2D eigenvalue weighted by molar-refractivity contribution is -0.129. The minimum Gasteiger partial charge on any atom is -0.372 e. The smallest absolute Gasteiger partial charge is 0.241 e. The number of nitrogens with one attached hydrogen (secondary N) is 1. The standard InChI is InChI=1S/C16H23N3O4S.ClH/c1-16(10-17)4-5-19(11-16)15(20)7-18-24(21,22)14-3-2-12-8-23-9-13(12)6-14;/h2-3,6,18H,4-5,7-11,17H2,1H3;1H. The van der Waals surface area contributed by atoms with Crippen LogP contribution in [0.15, 0.2) is 23.1 Å². The molecule has 2 aliphatic rings. The van der Waals surface area contributed by atoms with Crippen LogP contribution in [0.3, 0.4) is 0 Å². The summed E-state index contributed by atoms with van der Waals surface area (Å²) in [6.45, 7) is 4.43. The van der Waals surface area contributed by atoms with Crippen LogP contribution in [-0.4, -0.2) is 45.4 Å². The molecule has 140 valence electrons. The summed E-state index contributed by atoms with van der Waals surface area (Å²) in [5.41, 5.74) is 7.54. The lowest BCUT2D eigenvalue weighted by Crippen LogP contribution is -2.40. The zero-order valence-electron chi connectivity index (χ0n) is 14.2. The normalized spacial score (nSPS) is 22.6. The molecule has 1 aromatic carbocycles. The third-order valence-electron chi connectivity index (χ3n) is 4.82. The molecule has 1 aromatic rings. The first kappa shape index (κ1) is 20.1. The van der Waals surface area contributed by atoms with Gasteiger partial charge in [-0.15, -0.1) is 12.4 Å².